The standard InChI is InChI=1S/C16H24N2O4/c1-21-15-10-13(12-18-6-8-22-9-7-18)2-3-14(15)11-17-5-4-16(19)20/h2-3,10,17H,4-9,11-12H2,1H3,(H,19,20). The molecule has 122 valence electrons. The van der Waals surface area contributed by atoms with E-state index in [1.807, 2.05) is 6.07 Å². The normalized spacial score (nSPS) is 15.7. The number of nitrogens with one attached hydrogen (secondary N) is 1. The molecule has 0 atom stereocenters. The first kappa shape index (κ1) is 16.7. The van der Waals surface area contributed by atoms with Crippen molar-refractivity contribution in [2.75, 3.05) is 40.0 Å². The highest BCUT2D eigenvalue weighted by atomic mass is 16.5. The van der Waals surface area contributed by atoms with Crippen LogP contribution in [0.25, 0.3) is 0 Å². The highest BCUT2D eigenvalue weighted by Crippen LogP contribution is 2.21. The number of rotatable bonds is 8. The minimum atomic E-state index is -0.791. The Morgan fingerprint density at radius 2 is 2.18 bits per heavy atom. The molecule has 6 nitrogen and oxygen atoms in total. The van der Waals surface area contributed by atoms with Crippen molar-refractivity contribution in [3.05, 3.63) is 29.3 Å². The van der Waals surface area contributed by atoms with Crippen molar-refractivity contribution in [1.29, 1.82) is 0 Å². The number of hydrogen-bond acceptors (Lipinski definition) is 5. The lowest BCUT2D eigenvalue weighted by Gasteiger charge is -2.26. The summed E-state index contributed by atoms with van der Waals surface area (Å²) in [6.45, 7) is 5.46. The number of carbonyl (C=O) groups is 1. The third-order valence-electron chi connectivity index (χ3n) is 3.69. The fraction of sp³-hybridized carbons (Fsp3) is 0.562. The molecule has 0 spiro atoms. The molecule has 0 aromatic heterocycles. The van der Waals surface area contributed by atoms with Crippen molar-refractivity contribution in [2.45, 2.75) is 19.5 Å². The van der Waals surface area contributed by atoms with Gasteiger partial charge in [-0.1, -0.05) is 12.1 Å². The average Bonchev–Trinajstić information content (AvgIpc) is 2.53. The first-order valence-corrected chi connectivity index (χ1v) is 7.57. The highest BCUT2D eigenvalue weighted by Gasteiger charge is 2.12. The van der Waals surface area contributed by atoms with E-state index in [0.717, 1.165) is 44.2 Å². The lowest BCUT2D eigenvalue weighted by molar-refractivity contribution is -0.136. The molecule has 1 heterocycles. The summed E-state index contributed by atoms with van der Waals surface area (Å²) >= 11 is 0. The lowest BCUT2D eigenvalue weighted by atomic mass is 10.1. The lowest BCUT2D eigenvalue weighted by Crippen LogP contribution is -2.35. The third kappa shape index (κ3) is 5.29. The van der Waals surface area contributed by atoms with Gasteiger partial charge in [-0.3, -0.25) is 9.69 Å². The van der Waals surface area contributed by atoms with Crippen LogP contribution in [0, 0.1) is 0 Å². The van der Waals surface area contributed by atoms with Crippen molar-refractivity contribution in [2.24, 2.45) is 0 Å². The van der Waals surface area contributed by atoms with E-state index in [-0.39, 0.29) is 6.42 Å². The monoisotopic (exact) mass is 308 g/mol. The van der Waals surface area contributed by atoms with Crippen molar-refractivity contribution in [3.63, 3.8) is 0 Å². The largest absolute Gasteiger partial charge is 0.496 e. The van der Waals surface area contributed by atoms with Gasteiger partial charge in [0.2, 0.25) is 0 Å². The topological polar surface area (TPSA) is 71.0 Å². The molecule has 1 aliphatic rings. The SMILES string of the molecule is COc1cc(CN2CCOCC2)ccc1CNCCC(=O)O. The number of morpholine rings is 1. The van der Waals surface area contributed by atoms with Gasteiger partial charge in [0.1, 0.15) is 5.75 Å². The Hall–Kier alpha value is -1.63. The molecule has 1 aliphatic heterocycles. The van der Waals surface area contributed by atoms with E-state index in [0.29, 0.717) is 13.1 Å². The van der Waals surface area contributed by atoms with E-state index in [1.165, 1.54) is 5.56 Å². The molecular formula is C16H24N2O4. The summed E-state index contributed by atoms with van der Waals surface area (Å²) in [5.41, 5.74) is 2.26. The Morgan fingerprint density at radius 1 is 1.41 bits per heavy atom. The number of aliphatic carboxylic acids is 1. The number of ether oxygens (including phenoxy) is 2. The zero-order chi connectivity index (χ0) is 15.8. The van der Waals surface area contributed by atoms with Crippen LogP contribution >= 0.6 is 0 Å². The number of hydrogen-bond donors (Lipinski definition) is 2. The molecular weight excluding hydrogens is 284 g/mol. The number of carboxylic acids is 1. The van der Waals surface area contributed by atoms with E-state index in [9.17, 15) is 4.79 Å². The van der Waals surface area contributed by atoms with Crippen LogP contribution in [0.1, 0.15) is 17.5 Å². The second kappa shape index (κ2) is 8.73. The van der Waals surface area contributed by atoms with Crippen LogP contribution in [-0.4, -0.2) is 55.9 Å². The van der Waals surface area contributed by atoms with Crippen molar-refractivity contribution >= 4 is 5.97 Å². The Kier molecular flexibility index (Phi) is 6.64. The van der Waals surface area contributed by atoms with Gasteiger partial charge in [0, 0.05) is 38.3 Å². The summed E-state index contributed by atoms with van der Waals surface area (Å²) < 4.78 is 10.8. The van der Waals surface area contributed by atoms with E-state index in [4.69, 9.17) is 14.6 Å². The van der Waals surface area contributed by atoms with Gasteiger partial charge in [-0.05, 0) is 11.6 Å². The van der Waals surface area contributed by atoms with Crippen LogP contribution < -0.4 is 10.1 Å². The van der Waals surface area contributed by atoms with Gasteiger partial charge in [0.25, 0.3) is 0 Å². The zero-order valence-corrected chi connectivity index (χ0v) is 13.0. The Bertz CT molecular complexity index is 487. The minimum absolute atomic E-state index is 0.122. The predicted octanol–water partition coefficient (Wildman–Crippen LogP) is 1.09. The second-order valence-corrected chi connectivity index (χ2v) is 5.36. The van der Waals surface area contributed by atoms with Crippen molar-refractivity contribution < 1.29 is 19.4 Å². The molecule has 1 saturated heterocycles. The Labute approximate surface area is 131 Å². The molecule has 22 heavy (non-hydrogen) atoms. The molecule has 2 N–H and O–H groups in total. The molecule has 0 unspecified atom stereocenters. The van der Waals surface area contributed by atoms with Crippen LogP contribution in [0.3, 0.4) is 0 Å². The average molecular weight is 308 g/mol. The first-order chi connectivity index (χ1) is 10.7. The summed E-state index contributed by atoms with van der Waals surface area (Å²) in [7, 11) is 1.66. The number of nitrogens with zero attached hydrogens (tertiary/aromatic N) is 1. The summed E-state index contributed by atoms with van der Waals surface area (Å²) in [5.74, 6) is 0.0499. The summed E-state index contributed by atoms with van der Waals surface area (Å²) in [6.07, 6.45) is 0.122. The molecule has 6 heteroatoms. The molecule has 0 saturated carbocycles. The van der Waals surface area contributed by atoms with E-state index >= 15 is 0 Å². The van der Waals surface area contributed by atoms with Crippen LogP contribution in [0.5, 0.6) is 5.75 Å². The maximum Gasteiger partial charge on any atom is 0.304 e. The van der Waals surface area contributed by atoms with Crippen molar-refractivity contribution in [1.82, 2.24) is 10.2 Å². The zero-order valence-electron chi connectivity index (χ0n) is 13.0. The smallest absolute Gasteiger partial charge is 0.304 e. The van der Waals surface area contributed by atoms with Gasteiger partial charge in [0.15, 0.2) is 0 Å². The van der Waals surface area contributed by atoms with Gasteiger partial charge in [-0.25, -0.2) is 0 Å². The van der Waals surface area contributed by atoms with Gasteiger partial charge < -0.3 is 19.9 Å². The van der Waals surface area contributed by atoms with E-state index in [1.54, 1.807) is 7.11 Å². The maximum absolute atomic E-state index is 10.5. The van der Waals surface area contributed by atoms with Crippen LogP contribution in [0.4, 0.5) is 0 Å². The quantitative estimate of drug-likeness (QED) is 0.701. The van der Waals surface area contributed by atoms with E-state index in [2.05, 4.69) is 22.3 Å². The molecule has 1 aromatic carbocycles. The van der Waals surface area contributed by atoms with Gasteiger partial charge >= 0.3 is 5.97 Å². The minimum Gasteiger partial charge on any atom is -0.496 e. The van der Waals surface area contributed by atoms with Gasteiger partial charge in [0.05, 0.1) is 26.7 Å². The summed E-state index contributed by atoms with van der Waals surface area (Å²) in [4.78, 5) is 12.9. The highest BCUT2D eigenvalue weighted by molar-refractivity contribution is 5.66. The molecule has 0 amide bonds. The molecule has 0 bridgehead atoms. The van der Waals surface area contributed by atoms with Crippen LogP contribution in [0.2, 0.25) is 0 Å². The summed E-state index contributed by atoms with van der Waals surface area (Å²) in [6, 6.07) is 6.21. The maximum atomic E-state index is 10.5. The molecule has 1 fully saturated rings. The molecule has 0 aliphatic carbocycles. The van der Waals surface area contributed by atoms with Gasteiger partial charge in [-0.2, -0.15) is 0 Å². The Balaban J connectivity index is 1.90. The number of methoxy groups -OCH3 is 1. The van der Waals surface area contributed by atoms with Crippen molar-refractivity contribution in [3.8, 4) is 5.75 Å². The third-order valence-corrected chi connectivity index (χ3v) is 3.69. The Morgan fingerprint density at radius 3 is 2.86 bits per heavy atom. The molecule has 2 rings (SSSR count). The number of benzene rings is 1. The van der Waals surface area contributed by atoms with Gasteiger partial charge in [-0.15, -0.1) is 0 Å². The van der Waals surface area contributed by atoms with Crippen LogP contribution in [-0.2, 0) is 22.6 Å². The van der Waals surface area contributed by atoms with E-state index < -0.39 is 5.97 Å². The fourth-order valence-electron chi connectivity index (χ4n) is 2.47. The molecule has 0 radical (unpaired) electrons. The molecule has 1 aromatic rings. The number of carboxylic acid groups (broad SMARTS) is 1. The predicted molar refractivity (Wildman–Crippen MR) is 83.0 cm³/mol. The fourth-order valence-corrected chi connectivity index (χ4v) is 2.47. The first-order valence-electron chi connectivity index (χ1n) is 7.57. The summed E-state index contributed by atoms with van der Waals surface area (Å²) in [5, 5.41) is 11.7. The second-order valence-electron chi connectivity index (χ2n) is 5.36. The van der Waals surface area contributed by atoms with Crippen LogP contribution in [0.15, 0.2) is 18.2 Å².